The van der Waals surface area contributed by atoms with E-state index in [2.05, 4.69) is 16.8 Å². The maximum atomic E-state index is 15.3. The smallest absolute Gasteiger partial charge is 0.240 e. The fourth-order valence-corrected chi connectivity index (χ4v) is 5.60. The van der Waals surface area contributed by atoms with Gasteiger partial charge in [-0.3, -0.25) is 20.2 Å². The van der Waals surface area contributed by atoms with Crippen LogP contribution in [0, 0.1) is 33.9 Å². The highest BCUT2D eigenvalue weighted by Gasteiger charge is 2.36. The van der Waals surface area contributed by atoms with Crippen LogP contribution in [0.1, 0.15) is 52.2 Å². The third-order valence-electron chi connectivity index (χ3n) is 7.48. The van der Waals surface area contributed by atoms with Crippen LogP contribution in [-0.4, -0.2) is 58.0 Å². The quantitative estimate of drug-likeness (QED) is 0.281. The second-order valence-corrected chi connectivity index (χ2v) is 11.6. The normalized spacial score (nSPS) is 16.8. The number of rotatable bonds is 2. The molecule has 2 aromatic carbocycles. The first-order chi connectivity index (χ1) is 18.9. The molecule has 2 N–H and O–H groups in total. The Bertz CT molecular complexity index is 1650. The molecule has 0 atom stereocenters. The lowest BCUT2D eigenvalue weighted by atomic mass is 9.89. The molecule has 0 unspecified atom stereocenters. The van der Waals surface area contributed by atoms with E-state index in [1.165, 1.54) is 10.6 Å². The van der Waals surface area contributed by atoms with Crippen LogP contribution in [-0.2, 0) is 16.0 Å². The van der Waals surface area contributed by atoms with Gasteiger partial charge in [0, 0.05) is 30.9 Å². The van der Waals surface area contributed by atoms with Gasteiger partial charge >= 0.3 is 0 Å². The van der Waals surface area contributed by atoms with Crippen molar-refractivity contribution in [1.29, 1.82) is 10.8 Å². The number of benzene rings is 2. The molecular formula is C31H35FN6O2. The maximum absolute atomic E-state index is 15.3. The Labute approximate surface area is 233 Å². The molecule has 0 bridgehead atoms. The van der Waals surface area contributed by atoms with E-state index < -0.39 is 11.2 Å². The van der Waals surface area contributed by atoms with Crippen molar-refractivity contribution in [2.24, 2.45) is 5.41 Å². The molecule has 1 fully saturated rings. The number of morpholine rings is 1. The van der Waals surface area contributed by atoms with Crippen LogP contribution in [0.25, 0.3) is 10.9 Å². The molecule has 0 saturated carbocycles. The first-order valence-corrected chi connectivity index (χ1v) is 13.6. The molecule has 0 radical (unpaired) electrons. The molecule has 1 amide bonds. The fraction of sp³-hybridized carbons (Fsp3) is 0.419. The molecule has 0 spiro atoms. The van der Waals surface area contributed by atoms with Crippen molar-refractivity contribution in [2.45, 2.75) is 53.1 Å². The van der Waals surface area contributed by atoms with Crippen molar-refractivity contribution in [2.75, 3.05) is 31.1 Å². The molecule has 208 valence electrons. The number of aromatic nitrogens is 2. The minimum Gasteiger partial charge on any atom is -0.372 e. The predicted molar refractivity (Wildman–Crippen MR) is 153 cm³/mol. The Kier molecular flexibility index (Phi) is 7.01. The van der Waals surface area contributed by atoms with Crippen LogP contribution in [0.3, 0.4) is 0 Å². The van der Waals surface area contributed by atoms with E-state index in [1.54, 1.807) is 19.1 Å². The average molecular weight is 543 g/mol. The summed E-state index contributed by atoms with van der Waals surface area (Å²) in [5.41, 5.74) is 1.72. The summed E-state index contributed by atoms with van der Waals surface area (Å²) in [7, 11) is 0. The molecular weight excluding hydrogens is 507 g/mol. The summed E-state index contributed by atoms with van der Waals surface area (Å²) in [6, 6.07) is 10.5. The highest BCUT2D eigenvalue weighted by molar-refractivity contribution is 5.98. The Morgan fingerprint density at radius 1 is 1.18 bits per heavy atom. The van der Waals surface area contributed by atoms with Gasteiger partial charge in [0.15, 0.2) is 0 Å². The Morgan fingerprint density at radius 3 is 2.65 bits per heavy atom. The number of anilines is 2. The molecule has 2 aliphatic rings. The number of ether oxygens (including phenoxy) is 1. The molecule has 3 heterocycles. The van der Waals surface area contributed by atoms with E-state index in [1.807, 2.05) is 55.7 Å². The van der Waals surface area contributed by atoms with Gasteiger partial charge in [0.05, 0.1) is 23.1 Å². The Morgan fingerprint density at radius 2 is 1.93 bits per heavy atom. The van der Waals surface area contributed by atoms with Gasteiger partial charge in [0.25, 0.3) is 0 Å². The van der Waals surface area contributed by atoms with E-state index in [9.17, 15) is 4.79 Å². The van der Waals surface area contributed by atoms with Crippen molar-refractivity contribution in [3.05, 3.63) is 59.0 Å². The number of fused-ring (bicyclic) bond motifs is 2. The highest BCUT2D eigenvalue weighted by atomic mass is 19.1. The number of hydrogen-bond donors (Lipinski definition) is 2. The zero-order valence-corrected chi connectivity index (χ0v) is 23.7. The second-order valence-electron chi connectivity index (χ2n) is 11.6. The lowest BCUT2D eigenvalue weighted by Gasteiger charge is -2.40. The van der Waals surface area contributed by atoms with Gasteiger partial charge in [0.1, 0.15) is 22.9 Å². The van der Waals surface area contributed by atoms with E-state index in [0.717, 1.165) is 29.7 Å². The lowest BCUT2D eigenvalue weighted by molar-refractivity contribution is -0.151. The van der Waals surface area contributed by atoms with Gasteiger partial charge in [-0.1, -0.05) is 24.0 Å². The number of nitrogens with zero attached hydrogens (tertiary/aromatic N) is 4. The van der Waals surface area contributed by atoms with Crippen molar-refractivity contribution in [1.82, 2.24) is 14.5 Å². The summed E-state index contributed by atoms with van der Waals surface area (Å²) < 4.78 is 22.4. The SMILES string of the molecule is CC(=N)n1c(=N)nc(N2CCCc3c(C#CC(C)(C)C(=O)N4CCOC(C)(C)C4)cccc32)c2c(F)cccc21. The maximum Gasteiger partial charge on any atom is 0.240 e. The predicted octanol–water partition coefficient (Wildman–Crippen LogP) is 4.60. The van der Waals surface area contributed by atoms with Crippen molar-refractivity contribution in [3.63, 3.8) is 0 Å². The second kappa shape index (κ2) is 10.2. The summed E-state index contributed by atoms with van der Waals surface area (Å²) in [5.74, 6) is 6.50. The first kappa shape index (κ1) is 27.5. The van der Waals surface area contributed by atoms with E-state index >= 15 is 4.39 Å². The van der Waals surface area contributed by atoms with Gasteiger partial charge in [-0.25, -0.2) is 4.39 Å². The van der Waals surface area contributed by atoms with Crippen molar-refractivity contribution < 1.29 is 13.9 Å². The van der Waals surface area contributed by atoms with Crippen LogP contribution in [0.4, 0.5) is 15.9 Å². The molecule has 8 nitrogen and oxygen atoms in total. The highest BCUT2D eigenvalue weighted by Crippen LogP contribution is 2.37. The topological polar surface area (TPSA) is 98.3 Å². The van der Waals surface area contributed by atoms with Gasteiger partial charge in [-0.15, -0.1) is 0 Å². The summed E-state index contributed by atoms with van der Waals surface area (Å²) in [5, 5.41) is 16.9. The zero-order chi connectivity index (χ0) is 28.8. The lowest BCUT2D eigenvalue weighted by Crippen LogP contribution is -2.53. The zero-order valence-electron chi connectivity index (χ0n) is 23.7. The molecule has 3 aromatic rings. The van der Waals surface area contributed by atoms with E-state index in [4.69, 9.17) is 15.6 Å². The van der Waals surface area contributed by atoms with Gasteiger partial charge in [0.2, 0.25) is 11.5 Å². The fourth-order valence-electron chi connectivity index (χ4n) is 5.60. The summed E-state index contributed by atoms with van der Waals surface area (Å²) in [4.78, 5) is 21.7. The van der Waals surface area contributed by atoms with E-state index in [-0.39, 0.29) is 28.3 Å². The number of halogens is 1. The van der Waals surface area contributed by atoms with Crippen LogP contribution >= 0.6 is 0 Å². The van der Waals surface area contributed by atoms with Crippen molar-refractivity contribution in [3.8, 4) is 11.8 Å². The number of carbonyl (C=O) groups excluding carboxylic acids is 1. The third-order valence-corrected chi connectivity index (χ3v) is 7.48. The largest absolute Gasteiger partial charge is 0.372 e. The molecule has 1 aromatic heterocycles. The van der Waals surface area contributed by atoms with Gasteiger partial charge in [-0.05, 0) is 77.3 Å². The van der Waals surface area contributed by atoms with Crippen LogP contribution in [0.5, 0.6) is 0 Å². The number of nitrogens with one attached hydrogen (secondary N) is 2. The van der Waals surface area contributed by atoms with E-state index in [0.29, 0.717) is 37.6 Å². The number of carbonyl (C=O) groups is 1. The Hall–Kier alpha value is -4.03. The monoisotopic (exact) mass is 542 g/mol. The molecule has 2 aliphatic heterocycles. The molecule has 40 heavy (non-hydrogen) atoms. The van der Waals surface area contributed by atoms with Crippen LogP contribution in [0.15, 0.2) is 36.4 Å². The van der Waals surface area contributed by atoms with Crippen LogP contribution < -0.4 is 10.5 Å². The number of hydrogen-bond acceptors (Lipinski definition) is 6. The minimum atomic E-state index is -0.886. The molecule has 9 heteroatoms. The molecule has 5 rings (SSSR count). The Balaban J connectivity index is 1.55. The summed E-state index contributed by atoms with van der Waals surface area (Å²) in [6.07, 6.45) is 1.57. The standard InChI is InChI=1S/C31H35FN6O2/c1-20(33)38-25-13-7-11-23(32)26(25)27(35-29(38)34)37-16-8-10-22-21(9-6-12-24(22)37)14-15-30(2,3)28(39)36-17-18-40-31(4,5)19-36/h6-7,9,11-13,33-34H,8,10,16-19H2,1-5H3. The molecule has 1 saturated heterocycles. The summed E-state index contributed by atoms with van der Waals surface area (Å²) >= 11 is 0. The average Bonchev–Trinajstić information content (AvgIpc) is 2.90. The van der Waals surface area contributed by atoms with Gasteiger partial charge < -0.3 is 14.5 Å². The number of amides is 1. The third kappa shape index (κ3) is 5.00. The van der Waals surface area contributed by atoms with Crippen LogP contribution in [0.2, 0.25) is 0 Å². The first-order valence-electron chi connectivity index (χ1n) is 13.6. The summed E-state index contributed by atoms with van der Waals surface area (Å²) in [6.45, 7) is 11.4. The minimum absolute atomic E-state index is 0.0176. The van der Waals surface area contributed by atoms with Crippen molar-refractivity contribution >= 4 is 34.2 Å². The molecule has 0 aliphatic carbocycles. The van der Waals surface area contributed by atoms with Gasteiger partial charge in [-0.2, -0.15) is 4.98 Å².